The van der Waals surface area contributed by atoms with Gasteiger partial charge in [-0.05, 0) is 107 Å². The van der Waals surface area contributed by atoms with E-state index >= 15 is 0 Å². The zero-order valence-corrected chi connectivity index (χ0v) is 36.2. The monoisotopic (exact) mass is 850 g/mol. The van der Waals surface area contributed by atoms with Gasteiger partial charge < -0.3 is 0 Å². The highest BCUT2D eigenvalue weighted by Crippen LogP contribution is 2.62. The highest BCUT2D eigenvalue weighted by Gasteiger charge is 2.50. The molecular formula is C63H38N4. The Hall–Kier alpha value is -9.04. The fourth-order valence-corrected chi connectivity index (χ4v) is 10.8. The molecule has 310 valence electrons. The minimum absolute atomic E-state index is 0.560. The Morgan fingerprint density at radius 1 is 0.299 bits per heavy atom. The van der Waals surface area contributed by atoms with Crippen LogP contribution in [-0.4, -0.2) is 15.0 Å². The number of benzene rings is 10. The lowest BCUT2D eigenvalue weighted by Gasteiger charge is -2.40. The third kappa shape index (κ3) is 6.03. The van der Waals surface area contributed by atoms with E-state index in [4.69, 9.17) is 15.0 Å². The highest BCUT2D eigenvalue weighted by atomic mass is 15.0. The number of rotatable bonds is 6. The van der Waals surface area contributed by atoms with Crippen molar-refractivity contribution in [2.75, 3.05) is 0 Å². The standard InChI is InChI=1S/C63H38N4/c64-39-40-22-24-41(25-23-40)42-26-30-44(31-27-42)49-36-37-54-52-35-34-48(38-58(52)63(57-21-11-18-53(49)59(54)57)55-19-9-7-16-50(55)51-17-8-10-20-56(51)63)43-28-32-47(33-29-43)62-66-60(45-12-3-1-4-13-45)65-61(67-62)46-14-5-2-6-15-46/h1-38H. The van der Waals surface area contributed by atoms with E-state index in [-0.39, 0.29) is 0 Å². The number of hydrogen-bond acceptors (Lipinski definition) is 4. The second kappa shape index (κ2) is 15.3. The first-order valence-electron chi connectivity index (χ1n) is 22.6. The van der Waals surface area contributed by atoms with Gasteiger partial charge in [0.25, 0.3) is 0 Å². The van der Waals surface area contributed by atoms with E-state index in [0.717, 1.165) is 44.5 Å². The molecule has 0 saturated heterocycles. The average molecular weight is 851 g/mol. The van der Waals surface area contributed by atoms with Crippen LogP contribution in [0.2, 0.25) is 0 Å². The molecule has 4 heteroatoms. The lowest BCUT2D eigenvalue weighted by atomic mass is 9.61. The molecule has 67 heavy (non-hydrogen) atoms. The molecule has 0 unspecified atom stereocenters. The molecule has 1 spiro atoms. The summed E-state index contributed by atoms with van der Waals surface area (Å²) in [6.45, 7) is 0. The van der Waals surface area contributed by atoms with Gasteiger partial charge >= 0.3 is 0 Å². The van der Waals surface area contributed by atoms with Crippen LogP contribution in [0.15, 0.2) is 231 Å². The summed E-state index contributed by atoms with van der Waals surface area (Å²) in [7, 11) is 0. The lowest BCUT2D eigenvalue weighted by molar-refractivity contribution is 0.774. The molecule has 4 nitrogen and oxygen atoms in total. The molecular weight excluding hydrogens is 813 g/mol. The van der Waals surface area contributed by atoms with E-state index in [1.807, 2.05) is 84.9 Å². The van der Waals surface area contributed by atoms with E-state index in [0.29, 0.717) is 23.0 Å². The third-order valence-corrected chi connectivity index (χ3v) is 13.8. The smallest absolute Gasteiger partial charge is 0.164 e. The highest BCUT2D eigenvalue weighted by molar-refractivity contribution is 6.12. The SMILES string of the molecule is N#Cc1ccc(-c2ccc(-c3ccc4c5c(cccc35)C3(c5ccccc5-c5ccccc53)c3cc(-c5ccc(-c6nc(-c7ccccc7)nc(-c7ccccc7)n6)cc5)ccc3-4)cc2)cc1. The van der Waals surface area contributed by atoms with Gasteiger partial charge in [-0.2, -0.15) is 5.26 Å². The topological polar surface area (TPSA) is 62.5 Å². The molecule has 0 N–H and O–H groups in total. The number of hydrogen-bond donors (Lipinski definition) is 0. The van der Waals surface area contributed by atoms with E-state index < -0.39 is 5.41 Å². The van der Waals surface area contributed by atoms with Crippen molar-refractivity contribution in [3.05, 3.63) is 258 Å². The van der Waals surface area contributed by atoms with Crippen molar-refractivity contribution in [1.29, 1.82) is 5.26 Å². The third-order valence-electron chi connectivity index (χ3n) is 13.8. The van der Waals surface area contributed by atoms with E-state index in [2.05, 4.69) is 152 Å². The Morgan fingerprint density at radius 2 is 0.716 bits per heavy atom. The van der Waals surface area contributed by atoms with Crippen LogP contribution in [0.4, 0.5) is 0 Å². The van der Waals surface area contributed by atoms with Crippen LogP contribution in [0.3, 0.4) is 0 Å². The zero-order valence-electron chi connectivity index (χ0n) is 36.2. The first-order chi connectivity index (χ1) is 33.2. The van der Waals surface area contributed by atoms with Crippen molar-refractivity contribution in [3.63, 3.8) is 0 Å². The molecule has 1 heterocycles. The fourth-order valence-electron chi connectivity index (χ4n) is 10.8. The van der Waals surface area contributed by atoms with Crippen LogP contribution in [0.25, 0.3) is 101 Å². The molecule has 0 fully saturated rings. The van der Waals surface area contributed by atoms with Gasteiger partial charge in [0.2, 0.25) is 0 Å². The average Bonchev–Trinajstić information content (AvgIpc) is 3.71. The lowest BCUT2D eigenvalue weighted by Crippen LogP contribution is -2.32. The van der Waals surface area contributed by atoms with Crippen molar-refractivity contribution in [1.82, 2.24) is 15.0 Å². The Balaban J connectivity index is 0.965. The van der Waals surface area contributed by atoms with Crippen molar-refractivity contribution >= 4 is 10.8 Å². The van der Waals surface area contributed by atoms with Gasteiger partial charge in [0.1, 0.15) is 0 Å². The zero-order chi connectivity index (χ0) is 44.5. The normalized spacial score (nSPS) is 12.6. The van der Waals surface area contributed by atoms with Gasteiger partial charge in [0.05, 0.1) is 17.0 Å². The second-order valence-corrected chi connectivity index (χ2v) is 17.4. The molecule has 1 aromatic heterocycles. The van der Waals surface area contributed by atoms with E-state index in [1.54, 1.807) is 0 Å². The van der Waals surface area contributed by atoms with E-state index in [9.17, 15) is 5.26 Å². The second-order valence-electron chi connectivity index (χ2n) is 17.4. The summed E-state index contributed by atoms with van der Waals surface area (Å²) in [6.07, 6.45) is 0. The van der Waals surface area contributed by atoms with Gasteiger partial charge in [-0.15, -0.1) is 0 Å². The van der Waals surface area contributed by atoms with Crippen LogP contribution in [0, 0.1) is 11.3 Å². The summed E-state index contributed by atoms with van der Waals surface area (Å²) in [5.74, 6) is 1.92. The van der Waals surface area contributed by atoms with Crippen molar-refractivity contribution in [2.24, 2.45) is 0 Å². The fraction of sp³-hybridized carbons (Fsp3) is 0.0159. The Labute approximate surface area is 388 Å². The summed E-state index contributed by atoms with van der Waals surface area (Å²) < 4.78 is 0. The van der Waals surface area contributed by atoms with Crippen LogP contribution >= 0.6 is 0 Å². The molecule has 0 radical (unpaired) electrons. The summed E-state index contributed by atoms with van der Waals surface area (Å²) >= 11 is 0. The molecule has 11 aromatic rings. The molecule has 13 rings (SSSR count). The van der Waals surface area contributed by atoms with Crippen LogP contribution in [-0.2, 0) is 5.41 Å². The summed E-state index contributed by atoms with van der Waals surface area (Å²) in [6, 6.07) is 84.4. The van der Waals surface area contributed by atoms with Gasteiger partial charge in [-0.3, -0.25) is 0 Å². The van der Waals surface area contributed by atoms with Gasteiger partial charge in [0, 0.05) is 16.7 Å². The first-order valence-corrected chi connectivity index (χ1v) is 22.6. The van der Waals surface area contributed by atoms with Crippen LogP contribution in [0.5, 0.6) is 0 Å². The molecule has 0 aliphatic heterocycles. The number of nitrogens with zero attached hydrogens (tertiary/aromatic N) is 4. The minimum atomic E-state index is -0.560. The summed E-state index contributed by atoms with van der Waals surface area (Å²) in [5, 5.41) is 11.9. The number of nitriles is 1. The first kappa shape index (κ1) is 38.4. The molecule has 0 atom stereocenters. The van der Waals surface area contributed by atoms with Gasteiger partial charge in [0.15, 0.2) is 17.5 Å². The largest absolute Gasteiger partial charge is 0.208 e. The van der Waals surface area contributed by atoms with E-state index in [1.165, 1.54) is 60.8 Å². The predicted molar refractivity (Wildman–Crippen MR) is 271 cm³/mol. The van der Waals surface area contributed by atoms with Crippen molar-refractivity contribution in [3.8, 4) is 95.9 Å². The maximum absolute atomic E-state index is 9.34. The molecule has 0 bridgehead atoms. The Kier molecular flexibility index (Phi) is 8.78. The van der Waals surface area contributed by atoms with Crippen LogP contribution in [0.1, 0.15) is 27.8 Å². The molecule has 0 saturated carbocycles. The molecule has 2 aliphatic rings. The number of aromatic nitrogens is 3. The van der Waals surface area contributed by atoms with Gasteiger partial charge in [-0.1, -0.05) is 212 Å². The Bertz CT molecular complexity index is 3670. The summed E-state index contributed by atoms with van der Waals surface area (Å²) in [5.41, 5.74) is 20.0. The van der Waals surface area contributed by atoms with Crippen LogP contribution < -0.4 is 0 Å². The Morgan fingerprint density at radius 3 is 1.30 bits per heavy atom. The van der Waals surface area contributed by atoms with Crippen molar-refractivity contribution < 1.29 is 0 Å². The van der Waals surface area contributed by atoms with Crippen molar-refractivity contribution in [2.45, 2.75) is 5.41 Å². The van der Waals surface area contributed by atoms with Gasteiger partial charge in [-0.25, -0.2) is 15.0 Å². The summed E-state index contributed by atoms with van der Waals surface area (Å²) in [4.78, 5) is 14.9. The number of fused-ring (bicyclic) bond motifs is 9. The minimum Gasteiger partial charge on any atom is -0.208 e. The molecule has 10 aromatic carbocycles. The maximum atomic E-state index is 9.34. The quantitative estimate of drug-likeness (QED) is 0.167. The molecule has 0 amide bonds. The maximum Gasteiger partial charge on any atom is 0.164 e. The molecule has 2 aliphatic carbocycles. The predicted octanol–water partition coefficient (Wildman–Crippen LogP) is 15.2.